The maximum atomic E-state index is 12.6. The Morgan fingerprint density at radius 2 is 2.00 bits per heavy atom. The minimum Gasteiger partial charge on any atom is -0.378 e. The molecule has 2 atom stereocenters. The lowest BCUT2D eigenvalue weighted by Gasteiger charge is -2.37. The first-order valence-corrected chi connectivity index (χ1v) is 13.0. The number of ether oxygens (including phenoxy) is 2. The molecular formula is C20H39N5O4S. The second-order valence-corrected chi connectivity index (χ2v) is 10.7. The largest absolute Gasteiger partial charge is 0.378 e. The normalized spacial score (nSPS) is 26.9. The van der Waals surface area contributed by atoms with Crippen molar-refractivity contribution in [2.45, 2.75) is 51.9 Å². The van der Waals surface area contributed by atoms with Gasteiger partial charge in [-0.1, -0.05) is 0 Å². The molecule has 3 fully saturated rings. The quantitative estimate of drug-likeness (QED) is 0.422. The number of hydrogen-bond acceptors (Lipinski definition) is 6. The van der Waals surface area contributed by atoms with Crippen molar-refractivity contribution in [2.24, 2.45) is 4.99 Å². The van der Waals surface area contributed by atoms with Crippen molar-refractivity contribution in [1.29, 1.82) is 0 Å². The van der Waals surface area contributed by atoms with Gasteiger partial charge in [-0.15, -0.1) is 0 Å². The highest BCUT2D eigenvalue weighted by atomic mass is 32.2. The van der Waals surface area contributed by atoms with E-state index in [1.807, 2.05) is 13.8 Å². The molecule has 0 amide bonds. The number of morpholine rings is 1. The van der Waals surface area contributed by atoms with Gasteiger partial charge in [0.05, 0.1) is 37.7 Å². The summed E-state index contributed by atoms with van der Waals surface area (Å²) in [5.41, 5.74) is 0. The number of nitrogens with one attached hydrogen (secondary N) is 1. The van der Waals surface area contributed by atoms with Gasteiger partial charge in [0.2, 0.25) is 10.0 Å². The number of rotatable bonds is 8. The van der Waals surface area contributed by atoms with E-state index in [2.05, 4.69) is 22.0 Å². The fourth-order valence-corrected chi connectivity index (χ4v) is 5.59. The molecule has 0 aromatic carbocycles. The second-order valence-electron chi connectivity index (χ2n) is 8.56. The molecule has 9 nitrogen and oxygen atoms in total. The van der Waals surface area contributed by atoms with Crippen molar-refractivity contribution in [3.8, 4) is 0 Å². The van der Waals surface area contributed by atoms with Crippen LogP contribution >= 0.6 is 0 Å². The van der Waals surface area contributed by atoms with Gasteiger partial charge in [-0.2, -0.15) is 4.31 Å². The minimum atomic E-state index is -3.28. The Hall–Kier alpha value is -0.940. The minimum absolute atomic E-state index is 0.0375. The summed E-state index contributed by atoms with van der Waals surface area (Å²) in [4.78, 5) is 9.51. The Morgan fingerprint density at radius 3 is 2.70 bits per heavy atom. The number of nitrogens with zero attached hydrogens (tertiary/aromatic N) is 4. The Kier molecular flexibility index (Phi) is 8.76. The zero-order valence-corrected chi connectivity index (χ0v) is 19.6. The van der Waals surface area contributed by atoms with Crippen LogP contribution in [0.1, 0.15) is 33.6 Å². The first kappa shape index (κ1) is 23.7. The summed E-state index contributed by atoms with van der Waals surface area (Å²) in [6.45, 7) is 12.7. The van der Waals surface area contributed by atoms with Gasteiger partial charge in [0, 0.05) is 45.3 Å². The van der Waals surface area contributed by atoms with Crippen molar-refractivity contribution in [1.82, 2.24) is 19.4 Å². The lowest BCUT2D eigenvalue weighted by molar-refractivity contribution is -0.0433. The van der Waals surface area contributed by atoms with Crippen LogP contribution in [0.3, 0.4) is 0 Å². The Morgan fingerprint density at radius 1 is 1.23 bits per heavy atom. The second kappa shape index (κ2) is 11.1. The van der Waals surface area contributed by atoms with E-state index in [9.17, 15) is 8.42 Å². The van der Waals surface area contributed by atoms with Crippen molar-refractivity contribution in [3.63, 3.8) is 0 Å². The van der Waals surface area contributed by atoms with Crippen LogP contribution in [-0.2, 0) is 19.5 Å². The van der Waals surface area contributed by atoms with Gasteiger partial charge >= 0.3 is 0 Å². The molecule has 0 spiro atoms. The molecule has 0 aromatic heterocycles. The van der Waals surface area contributed by atoms with Crippen molar-refractivity contribution in [3.05, 3.63) is 0 Å². The van der Waals surface area contributed by atoms with Gasteiger partial charge < -0.3 is 19.7 Å². The SMILES string of the molecule is CCNC(=NCC1CN2CCCC2CO1)N1CCN(S(=O)(=O)CCOC(C)C)CC1. The third-order valence-electron chi connectivity index (χ3n) is 5.97. The van der Waals surface area contributed by atoms with E-state index in [0.29, 0.717) is 38.8 Å². The van der Waals surface area contributed by atoms with Gasteiger partial charge in [-0.25, -0.2) is 8.42 Å². The van der Waals surface area contributed by atoms with E-state index in [4.69, 9.17) is 14.5 Å². The predicted molar refractivity (Wildman–Crippen MR) is 118 cm³/mol. The topological polar surface area (TPSA) is 86.7 Å². The van der Waals surface area contributed by atoms with E-state index < -0.39 is 10.0 Å². The molecule has 0 saturated carbocycles. The molecule has 0 aromatic rings. The Balaban J connectivity index is 1.49. The average molecular weight is 446 g/mol. The average Bonchev–Trinajstić information content (AvgIpc) is 3.18. The molecule has 0 bridgehead atoms. The van der Waals surface area contributed by atoms with Crippen LogP contribution in [0, 0.1) is 0 Å². The van der Waals surface area contributed by atoms with E-state index in [-0.39, 0.29) is 24.6 Å². The number of piperazine rings is 1. The van der Waals surface area contributed by atoms with E-state index >= 15 is 0 Å². The molecule has 3 heterocycles. The maximum Gasteiger partial charge on any atom is 0.216 e. The smallest absolute Gasteiger partial charge is 0.216 e. The summed E-state index contributed by atoms with van der Waals surface area (Å²) in [7, 11) is -3.28. The predicted octanol–water partition coefficient (Wildman–Crippen LogP) is 0.188. The first-order valence-electron chi connectivity index (χ1n) is 11.4. The molecular weight excluding hydrogens is 406 g/mol. The summed E-state index contributed by atoms with van der Waals surface area (Å²) in [5, 5.41) is 3.36. The first-order chi connectivity index (χ1) is 14.4. The summed E-state index contributed by atoms with van der Waals surface area (Å²) >= 11 is 0. The van der Waals surface area contributed by atoms with E-state index in [1.165, 1.54) is 19.4 Å². The van der Waals surface area contributed by atoms with Crippen LogP contribution in [0.2, 0.25) is 0 Å². The number of hydrogen-bond donors (Lipinski definition) is 1. The molecule has 3 rings (SSSR count). The maximum absolute atomic E-state index is 12.6. The van der Waals surface area contributed by atoms with E-state index in [1.54, 1.807) is 4.31 Å². The molecule has 30 heavy (non-hydrogen) atoms. The zero-order valence-electron chi connectivity index (χ0n) is 18.8. The molecule has 0 aliphatic carbocycles. The van der Waals surface area contributed by atoms with E-state index in [0.717, 1.165) is 25.7 Å². The number of guanidine groups is 1. The highest BCUT2D eigenvalue weighted by Gasteiger charge is 2.32. The Labute approximate surface area is 181 Å². The summed E-state index contributed by atoms with van der Waals surface area (Å²) in [6, 6.07) is 0.597. The molecule has 3 aliphatic rings. The highest BCUT2D eigenvalue weighted by molar-refractivity contribution is 7.89. The molecule has 2 unspecified atom stereocenters. The van der Waals surface area contributed by atoms with Gasteiger partial charge in [-0.3, -0.25) is 9.89 Å². The molecule has 1 N–H and O–H groups in total. The molecule has 0 radical (unpaired) electrons. The van der Waals surface area contributed by atoms with Crippen LogP contribution in [0.15, 0.2) is 4.99 Å². The zero-order chi connectivity index (χ0) is 21.6. The number of fused-ring (bicyclic) bond motifs is 1. The molecule has 3 aliphatic heterocycles. The van der Waals surface area contributed by atoms with Crippen LogP contribution in [-0.4, -0.2) is 118 Å². The highest BCUT2D eigenvalue weighted by Crippen LogP contribution is 2.22. The van der Waals surface area contributed by atoms with Gasteiger partial charge in [0.15, 0.2) is 5.96 Å². The lowest BCUT2D eigenvalue weighted by Crippen LogP contribution is -2.54. The van der Waals surface area contributed by atoms with Crippen LogP contribution in [0.5, 0.6) is 0 Å². The van der Waals surface area contributed by atoms with Crippen molar-refractivity contribution in [2.75, 3.05) is 71.3 Å². The summed E-state index contributed by atoms with van der Waals surface area (Å²) < 4.78 is 38.1. The van der Waals surface area contributed by atoms with Crippen molar-refractivity contribution >= 4 is 16.0 Å². The summed E-state index contributed by atoms with van der Waals surface area (Å²) in [5.74, 6) is 0.889. The van der Waals surface area contributed by atoms with Gasteiger partial charge in [0.1, 0.15) is 0 Å². The number of aliphatic imine (C=N–C) groups is 1. The molecule has 10 heteroatoms. The summed E-state index contributed by atoms with van der Waals surface area (Å²) in [6.07, 6.45) is 2.69. The van der Waals surface area contributed by atoms with Crippen molar-refractivity contribution < 1.29 is 17.9 Å². The van der Waals surface area contributed by atoms with Gasteiger partial charge in [0.25, 0.3) is 0 Å². The lowest BCUT2D eigenvalue weighted by atomic mass is 10.2. The van der Waals surface area contributed by atoms with Gasteiger partial charge in [-0.05, 0) is 40.2 Å². The standard InChI is InChI=1S/C20H39N5O4S/c1-4-21-20(22-14-19-15-24-7-5-6-18(24)16-29-19)23-8-10-25(11-9-23)30(26,27)13-12-28-17(2)3/h17-19H,4-16H2,1-3H3,(H,21,22). The van der Waals surface area contributed by atoms with Crippen LogP contribution < -0.4 is 5.32 Å². The molecule has 174 valence electrons. The monoisotopic (exact) mass is 445 g/mol. The third kappa shape index (κ3) is 6.53. The molecule has 3 saturated heterocycles. The third-order valence-corrected chi connectivity index (χ3v) is 7.80. The number of sulfonamides is 1. The van der Waals surface area contributed by atoms with Crippen LogP contribution in [0.4, 0.5) is 0 Å². The van der Waals surface area contributed by atoms with Crippen LogP contribution in [0.25, 0.3) is 0 Å². The Bertz CT molecular complexity index is 664. The fourth-order valence-electron chi connectivity index (χ4n) is 4.31. The fraction of sp³-hybridized carbons (Fsp3) is 0.950.